The number of carbonyl (C=O) groups excluding carboxylic acids is 2. The number of allylic oxidation sites excluding steroid dienone is 1. The first-order valence-electron chi connectivity index (χ1n) is 5.76. The van der Waals surface area contributed by atoms with Crippen LogP contribution in [0.2, 0.25) is 0 Å². The van der Waals surface area contributed by atoms with Gasteiger partial charge in [0.25, 0.3) is 0 Å². The summed E-state index contributed by atoms with van der Waals surface area (Å²) in [6, 6.07) is 0. The van der Waals surface area contributed by atoms with E-state index in [0.29, 0.717) is 0 Å². The van der Waals surface area contributed by atoms with E-state index in [2.05, 4.69) is 0 Å². The van der Waals surface area contributed by atoms with Crippen LogP contribution in [-0.2, 0) is 14.3 Å². The molecular formula is C12H15FNNaO4. The number of aliphatic carboxylic acids is 1. The average Bonchev–Trinajstić information content (AvgIpc) is 2.51. The van der Waals surface area contributed by atoms with E-state index in [1.54, 1.807) is 20.8 Å². The van der Waals surface area contributed by atoms with Crippen molar-refractivity contribution in [2.24, 2.45) is 11.3 Å². The maximum Gasteiger partial charge on any atom is 1.00 e. The normalized spacial score (nSPS) is 27.2. The molecular weight excluding hydrogens is 264 g/mol. The minimum absolute atomic E-state index is 0. The van der Waals surface area contributed by atoms with Crippen LogP contribution in [0.4, 0.5) is 4.39 Å². The zero-order valence-corrected chi connectivity index (χ0v) is 13.7. The Hall–Kier alpha value is -0.590. The molecule has 2 heterocycles. The molecule has 0 spiro atoms. The van der Waals surface area contributed by atoms with Crippen molar-refractivity contribution in [2.75, 3.05) is 0 Å². The van der Waals surface area contributed by atoms with Crippen LogP contribution in [0.3, 0.4) is 0 Å². The van der Waals surface area contributed by atoms with Gasteiger partial charge in [-0.15, -0.1) is 0 Å². The van der Waals surface area contributed by atoms with Gasteiger partial charge in [-0.1, -0.05) is 20.8 Å². The largest absolute Gasteiger partial charge is 1.00 e. The number of halogens is 1. The molecule has 5 nitrogen and oxygen atoms in total. The molecule has 7 heteroatoms. The predicted molar refractivity (Wildman–Crippen MR) is 57.3 cm³/mol. The number of rotatable bonds is 2. The molecule has 0 unspecified atom stereocenters. The SMILES string of the molecule is C[C@@H](F)[C@H]1C(=O)N2C(C(=O)[O-])=C(C(C)(C)C)O[C@H]12.[Na+]. The molecule has 0 aromatic rings. The second-order valence-corrected chi connectivity index (χ2v) is 5.64. The number of fused-ring (bicyclic) bond motifs is 1. The van der Waals surface area contributed by atoms with E-state index in [9.17, 15) is 19.1 Å². The van der Waals surface area contributed by atoms with Gasteiger partial charge < -0.3 is 14.6 Å². The van der Waals surface area contributed by atoms with E-state index in [-0.39, 0.29) is 41.0 Å². The number of amides is 1. The third kappa shape index (κ3) is 2.41. The number of hydrogen-bond donors (Lipinski definition) is 0. The molecule has 2 rings (SSSR count). The number of hydrogen-bond acceptors (Lipinski definition) is 4. The Bertz CT molecular complexity index is 455. The van der Waals surface area contributed by atoms with Gasteiger partial charge in [-0.05, 0) is 6.92 Å². The van der Waals surface area contributed by atoms with Gasteiger partial charge >= 0.3 is 29.6 Å². The van der Waals surface area contributed by atoms with Crippen molar-refractivity contribution in [3.8, 4) is 0 Å². The Morgan fingerprint density at radius 3 is 2.37 bits per heavy atom. The number of carboxylic acids is 1. The number of carboxylic acid groups (broad SMARTS) is 1. The fraction of sp³-hybridized carbons (Fsp3) is 0.667. The van der Waals surface area contributed by atoms with Crippen LogP contribution in [0.1, 0.15) is 27.7 Å². The molecule has 1 amide bonds. The second-order valence-electron chi connectivity index (χ2n) is 5.64. The summed E-state index contributed by atoms with van der Waals surface area (Å²) in [5.74, 6) is -2.79. The Kier molecular flexibility index (Phi) is 4.39. The van der Waals surface area contributed by atoms with E-state index >= 15 is 0 Å². The maximum absolute atomic E-state index is 13.3. The molecule has 2 aliphatic rings. The molecule has 0 aliphatic carbocycles. The van der Waals surface area contributed by atoms with Crippen LogP contribution < -0.4 is 34.7 Å². The summed E-state index contributed by atoms with van der Waals surface area (Å²) in [5.41, 5.74) is -0.855. The van der Waals surface area contributed by atoms with Crippen LogP contribution in [0, 0.1) is 11.3 Å². The van der Waals surface area contributed by atoms with Crippen molar-refractivity contribution in [1.82, 2.24) is 4.90 Å². The third-order valence-electron chi connectivity index (χ3n) is 3.15. The molecule has 0 radical (unpaired) electrons. The quantitative estimate of drug-likeness (QED) is 0.404. The van der Waals surface area contributed by atoms with E-state index in [4.69, 9.17) is 4.74 Å². The van der Waals surface area contributed by atoms with Crippen LogP contribution >= 0.6 is 0 Å². The maximum atomic E-state index is 13.3. The van der Waals surface area contributed by atoms with Gasteiger partial charge in [0.2, 0.25) is 5.91 Å². The molecule has 0 N–H and O–H groups in total. The fourth-order valence-electron chi connectivity index (χ4n) is 2.28. The van der Waals surface area contributed by atoms with Crippen molar-refractivity contribution >= 4 is 11.9 Å². The Morgan fingerprint density at radius 2 is 2.00 bits per heavy atom. The molecule has 0 aromatic carbocycles. The van der Waals surface area contributed by atoms with Crippen molar-refractivity contribution in [1.29, 1.82) is 0 Å². The van der Waals surface area contributed by atoms with Gasteiger partial charge in [0.05, 0.1) is 5.97 Å². The molecule has 2 aliphatic heterocycles. The third-order valence-corrected chi connectivity index (χ3v) is 3.15. The van der Waals surface area contributed by atoms with Crippen LogP contribution in [0.25, 0.3) is 0 Å². The zero-order valence-electron chi connectivity index (χ0n) is 11.7. The first-order valence-corrected chi connectivity index (χ1v) is 5.76. The standard InChI is InChI=1S/C12H16FNO4.Na/c1-5(13)6-9(15)14-7(11(16)17)8(12(2,3)4)18-10(6)14;/h5-6,10H,1-4H3,(H,16,17);/q;+1/p-1/t5-,6+,10-;/m1./s1. The van der Waals surface area contributed by atoms with Gasteiger partial charge in [-0.2, -0.15) is 0 Å². The van der Waals surface area contributed by atoms with E-state index < -0.39 is 35.6 Å². The van der Waals surface area contributed by atoms with Gasteiger partial charge in [-0.25, -0.2) is 4.39 Å². The van der Waals surface area contributed by atoms with Crippen molar-refractivity contribution in [3.05, 3.63) is 11.5 Å². The summed E-state index contributed by atoms with van der Waals surface area (Å²) in [7, 11) is 0. The molecule has 1 saturated heterocycles. The van der Waals surface area contributed by atoms with Gasteiger partial charge in [0, 0.05) is 5.41 Å². The number of carbonyl (C=O) groups is 2. The van der Waals surface area contributed by atoms with Crippen molar-refractivity contribution in [3.63, 3.8) is 0 Å². The minimum atomic E-state index is -1.47. The molecule has 0 aromatic heterocycles. The van der Waals surface area contributed by atoms with Crippen LogP contribution in [-0.4, -0.2) is 29.2 Å². The smallest absolute Gasteiger partial charge is 0.543 e. The zero-order chi connectivity index (χ0) is 13.8. The van der Waals surface area contributed by atoms with Crippen molar-refractivity contribution < 1.29 is 53.4 Å². The van der Waals surface area contributed by atoms with Crippen LogP contribution in [0.5, 0.6) is 0 Å². The molecule has 100 valence electrons. The number of ether oxygens (including phenoxy) is 1. The molecule has 0 saturated carbocycles. The van der Waals surface area contributed by atoms with Gasteiger partial charge in [0.15, 0.2) is 6.23 Å². The first kappa shape index (κ1) is 16.5. The monoisotopic (exact) mass is 279 g/mol. The number of alkyl halides is 1. The Balaban J connectivity index is 0.00000180. The minimum Gasteiger partial charge on any atom is -0.543 e. The summed E-state index contributed by atoms with van der Waals surface area (Å²) in [4.78, 5) is 23.9. The summed E-state index contributed by atoms with van der Waals surface area (Å²) in [6.45, 7) is 6.54. The van der Waals surface area contributed by atoms with E-state index in [1.165, 1.54) is 6.92 Å². The first-order chi connectivity index (χ1) is 8.16. The fourth-order valence-corrected chi connectivity index (χ4v) is 2.28. The molecule has 1 fully saturated rings. The second kappa shape index (κ2) is 5.07. The summed E-state index contributed by atoms with van der Waals surface area (Å²) >= 11 is 0. The van der Waals surface area contributed by atoms with Gasteiger partial charge in [-0.3, -0.25) is 9.69 Å². The predicted octanol–water partition coefficient (Wildman–Crippen LogP) is -2.83. The molecule has 0 bridgehead atoms. The van der Waals surface area contributed by atoms with E-state index in [1.807, 2.05) is 0 Å². The van der Waals surface area contributed by atoms with Crippen molar-refractivity contribution in [2.45, 2.75) is 40.1 Å². The average molecular weight is 279 g/mol. The van der Waals surface area contributed by atoms with Gasteiger partial charge in [0.1, 0.15) is 23.5 Å². The summed E-state index contributed by atoms with van der Waals surface area (Å²) in [6.07, 6.45) is -2.22. The Labute approximate surface area is 133 Å². The van der Waals surface area contributed by atoms with E-state index in [0.717, 1.165) is 4.90 Å². The molecule has 19 heavy (non-hydrogen) atoms. The number of β-lactam (4-membered cyclic amide) rings is 1. The molecule has 3 atom stereocenters. The topological polar surface area (TPSA) is 69.7 Å². The summed E-state index contributed by atoms with van der Waals surface area (Å²) in [5, 5.41) is 11.1. The summed E-state index contributed by atoms with van der Waals surface area (Å²) < 4.78 is 18.7. The van der Waals surface area contributed by atoms with Crippen LogP contribution in [0.15, 0.2) is 11.5 Å². The Morgan fingerprint density at radius 1 is 1.47 bits per heavy atom. The number of nitrogens with zero attached hydrogens (tertiary/aromatic N) is 1.